The fourth-order valence-corrected chi connectivity index (χ4v) is 3.12. The Morgan fingerprint density at radius 3 is 2.95 bits per heavy atom. The molecule has 0 radical (unpaired) electrons. The Balaban J connectivity index is 2.07. The van der Waals surface area contributed by atoms with Crippen molar-refractivity contribution in [3.05, 3.63) is 46.3 Å². The molecule has 0 aliphatic rings. The molecule has 22 heavy (non-hydrogen) atoms. The number of amides is 1. The van der Waals surface area contributed by atoms with Crippen molar-refractivity contribution in [2.45, 2.75) is 23.3 Å². The van der Waals surface area contributed by atoms with Crippen LogP contribution in [0.5, 0.6) is 0 Å². The van der Waals surface area contributed by atoms with Crippen LogP contribution in [0.4, 0.5) is 8.78 Å². The molecule has 0 saturated carbocycles. The van der Waals surface area contributed by atoms with Crippen LogP contribution < -0.4 is 5.32 Å². The summed E-state index contributed by atoms with van der Waals surface area (Å²) in [7, 11) is 0. The highest BCUT2D eigenvalue weighted by Crippen LogP contribution is 2.26. The summed E-state index contributed by atoms with van der Waals surface area (Å²) < 4.78 is 25.0. The van der Waals surface area contributed by atoms with Crippen LogP contribution in [0.3, 0.4) is 0 Å². The highest BCUT2D eigenvalue weighted by molar-refractivity contribution is 7.99. The molecule has 2 aromatic heterocycles. The molecule has 118 valence electrons. The zero-order valence-corrected chi connectivity index (χ0v) is 13.3. The summed E-state index contributed by atoms with van der Waals surface area (Å²) in [5.74, 6) is -3.21. The summed E-state index contributed by atoms with van der Waals surface area (Å²) in [6.07, 6.45) is 1.35. The molecule has 1 atom stereocenters. The Kier molecular flexibility index (Phi) is 5.49. The van der Waals surface area contributed by atoms with Gasteiger partial charge in [0.15, 0.2) is 0 Å². The number of hydrogen-bond acceptors (Lipinski definition) is 5. The van der Waals surface area contributed by atoms with Crippen LogP contribution in [0, 0.1) is 0 Å². The quantitative estimate of drug-likeness (QED) is 0.791. The van der Waals surface area contributed by atoms with E-state index in [9.17, 15) is 18.7 Å². The Morgan fingerprint density at radius 2 is 2.32 bits per heavy atom. The van der Waals surface area contributed by atoms with Crippen LogP contribution in [0.1, 0.15) is 22.8 Å². The fourth-order valence-electron chi connectivity index (χ4n) is 1.76. The van der Waals surface area contributed by atoms with Crippen molar-refractivity contribution in [3.8, 4) is 0 Å². The van der Waals surface area contributed by atoms with Crippen LogP contribution in [-0.4, -0.2) is 28.3 Å². The number of aliphatic hydroxyl groups is 1. The predicted octanol–water partition coefficient (Wildman–Crippen LogP) is 3.10. The van der Waals surface area contributed by atoms with E-state index >= 15 is 0 Å². The number of thioether (sulfide) groups is 1. The van der Waals surface area contributed by atoms with Gasteiger partial charge in [-0.05, 0) is 53.2 Å². The topological polar surface area (TPSA) is 62.2 Å². The van der Waals surface area contributed by atoms with Gasteiger partial charge in [-0.2, -0.15) is 20.1 Å². The summed E-state index contributed by atoms with van der Waals surface area (Å²) in [5.41, 5.74) is -0.478. The molecule has 0 fully saturated rings. The zero-order valence-electron chi connectivity index (χ0n) is 11.6. The molecule has 2 heterocycles. The van der Waals surface area contributed by atoms with E-state index < -0.39 is 17.3 Å². The minimum atomic E-state index is -2.66. The van der Waals surface area contributed by atoms with Crippen LogP contribution in [0.15, 0.2) is 40.2 Å². The molecule has 0 spiro atoms. The van der Waals surface area contributed by atoms with Crippen molar-refractivity contribution in [2.24, 2.45) is 0 Å². The number of pyridine rings is 1. The summed E-state index contributed by atoms with van der Waals surface area (Å²) in [6, 6.07) is 4.69. The van der Waals surface area contributed by atoms with Gasteiger partial charge in [-0.1, -0.05) is 0 Å². The molecular weight excluding hydrogens is 330 g/mol. The molecule has 0 saturated heterocycles. The molecule has 2 aromatic rings. The van der Waals surface area contributed by atoms with Gasteiger partial charge in [0.05, 0.1) is 12.1 Å². The lowest BCUT2D eigenvalue weighted by molar-refractivity contribution is 0.0529. The van der Waals surface area contributed by atoms with E-state index in [-0.39, 0.29) is 28.9 Å². The van der Waals surface area contributed by atoms with Gasteiger partial charge in [-0.25, -0.2) is 4.98 Å². The van der Waals surface area contributed by atoms with E-state index in [0.717, 1.165) is 0 Å². The van der Waals surface area contributed by atoms with E-state index in [1.54, 1.807) is 18.4 Å². The van der Waals surface area contributed by atoms with Gasteiger partial charge in [-0.15, -0.1) is 0 Å². The number of carbonyl (C=O) groups is 1. The molecule has 1 amide bonds. The first kappa shape index (κ1) is 16.9. The Morgan fingerprint density at radius 1 is 1.55 bits per heavy atom. The predicted molar refractivity (Wildman–Crippen MR) is 82.3 cm³/mol. The molecule has 2 rings (SSSR count). The Bertz CT molecular complexity index is 634. The highest BCUT2D eigenvalue weighted by Gasteiger charge is 2.25. The van der Waals surface area contributed by atoms with Crippen molar-refractivity contribution < 1.29 is 18.7 Å². The second-order valence-corrected chi connectivity index (χ2v) is 6.46. The number of hydrogen-bond donors (Lipinski definition) is 2. The number of rotatable bonds is 6. The summed E-state index contributed by atoms with van der Waals surface area (Å²) in [6.45, 7) is 1.55. The monoisotopic (exact) mass is 344 g/mol. The standard InChI is InChI=1S/C14H14F2N2O2S2/c1-14(20,9-4-6-21-7-9)8-18-11(19)10-3-2-5-17-12(10)22-13(15)16/h2-7,13,20H,8H2,1H3,(H,18,19). The molecule has 0 aliphatic carbocycles. The number of nitrogens with one attached hydrogen (secondary N) is 1. The minimum Gasteiger partial charge on any atom is -0.384 e. The van der Waals surface area contributed by atoms with Crippen molar-refractivity contribution in [1.82, 2.24) is 10.3 Å². The number of aromatic nitrogens is 1. The first-order valence-electron chi connectivity index (χ1n) is 6.33. The van der Waals surface area contributed by atoms with Gasteiger partial charge in [0.2, 0.25) is 0 Å². The van der Waals surface area contributed by atoms with Crippen molar-refractivity contribution in [3.63, 3.8) is 0 Å². The van der Waals surface area contributed by atoms with E-state index in [0.29, 0.717) is 5.56 Å². The van der Waals surface area contributed by atoms with Crippen LogP contribution >= 0.6 is 23.1 Å². The van der Waals surface area contributed by atoms with Gasteiger partial charge in [0, 0.05) is 6.20 Å². The molecule has 1 unspecified atom stereocenters. The maximum absolute atomic E-state index is 12.5. The maximum Gasteiger partial charge on any atom is 0.290 e. The number of nitrogens with zero attached hydrogens (tertiary/aromatic N) is 1. The first-order chi connectivity index (χ1) is 10.4. The second kappa shape index (κ2) is 7.17. The lowest BCUT2D eigenvalue weighted by Crippen LogP contribution is -2.38. The van der Waals surface area contributed by atoms with Crippen molar-refractivity contribution >= 4 is 29.0 Å². The number of thiophene rings is 1. The fraction of sp³-hybridized carbons (Fsp3) is 0.286. The summed E-state index contributed by atoms with van der Waals surface area (Å²) >= 11 is 1.66. The number of halogens is 2. The summed E-state index contributed by atoms with van der Waals surface area (Å²) in [5, 5.41) is 16.5. The van der Waals surface area contributed by atoms with Gasteiger partial charge >= 0.3 is 0 Å². The van der Waals surface area contributed by atoms with E-state index in [1.807, 2.05) is 5.38 Å². The third-order valence-corrected chi connectivity index (χ3v) is 4.36. The minimum absolute atomic E-state index is 0.0315. The Hall–Kier alpha value is -1.51. The lowest BCUT2D eigenvalue weighted by Gasteiger charge is -2.23. The molecule has 0 aromatic carbocycles. The SMILES string of the molecule is CC(O)(CNC(=O)c1cccnc1SC(F)F)c1ccsc1. The molecule has 0 bridgehead atoms. The summed E-state index contributed by atoms with van der Waals surface area (Å²) in [4.78, 5) is 15.9. The molecular formula is C14H14F2N2O2S2. The lowest BCUT2D eigenvalue weighted by atomic mass is 9.99. The van der Waals surface area contributed by atoms with E-state index in [4.69, 9.17) is 0 Å². The third kappa shape index (κ3) is 4.25. The average Bonchev–Trinajstić information content (AvgIpc) is 3.00. The molecule has 4 nitrogen and oxygen atoms in total. The maximum atomic E-state index is 12.5. The molecule has 8 heteroatoms. The zero-order chi connectivity index (χ0) is 16.2. The normalized spacial score (nSPS) is 13.9. The van der Waals surface area contributed by atoms with Crippen molar-refractivity contribution in [2.75, 3.05) is 6.54 Å². The Labute approximate surface area is 134 Å². The highest BCUT2D eigenvalue weighted by atomic mass is 32.2. The van der Waals surface area contributed by atoms with Crippen LogP contribution in [-0.2, 0) is 5.60 Å². The molecule has 2 N–H and O–H groups in total. The van der Waals surface area contributed by atoms with Crippen LogP contribution in [0.2, 0.25) is 0 Å². The van der Waals surface area contributed by atoms with Gasteiger partial charge in [-0.3, -0.25) is 4.79 Å². The second-order valence-electron chi connectivity index (χ2n) is 4.70. The van der Waals surface area contributed by atoms with Crippen molar-refractivity contribution in [1.29, 1.82) is 0 Å². The molecule has 0 aliphatic heterocycles. The van der Waals surface area contributed by atoms with Crippen LogP contribution in [0.25, 0.3) is 0 Å². The van der Waals surface area contributed by atoms with E-state index in [1.165, 1.54) is 29.7 Å². The van der Waals surface area contributed by atoms with Gasteiger partial charge in [0.25, 0.3) is 11.7 Å². The number of alkyl halides is 2. The largest absolute Gasteiger partial charge is 0.384 e. The smallest absolute Gasteiger partial charge is 0.290 e. The average molecular weight is 344 g/mol. The van der Waals surface area contributed by atoms with Gasteiger partial charge < -0.3 is 10.4 Å². The first-order valence-corrected chi connectivity index (χ1v) is 8.15. The third-order valence-electron chi connectivity index (χ3n) is 2.95. The van der Waals surface area contributed by atoms with Gasteiger partial charge in [0.1, 0.15) is 10.6 Å². The van der Waals surface area contributed by atoms with E-state index in [2.05, 4.69) is 10.3 Å². The number of carbonyl (C=O) groups excluding carboxylic acids is 1.